The van der Waals surface area contributed by atoms with Crippen LogP contribution in [0.1, 0.15) is 26.3 Å². The highest BCUT2D eigenvalue weighted by Crippen LogP contribution is 2.25. The molecule has 8 nitrogen and oxygen atoms in total. The molecular formula is C21H26F3N3O5. The second-order valence-electron chi connectivity index (χ2n) is 8.02. The zero-order valence-electron chi connectivity index (χ0n) is 18.1. The Labute approximate surface area is 184 Å². The number of nitrogens with zero attached hydrogens (tertiary/aromatic N) is 1. The summed E-state index contributed by atoms with van der Waals surface area (Å²) >= 11 is 0. The van der Waals surface area contributed by atoms with Crippen LogP contribution in [0.5, 0.6) is 5.75 Å². The lowest BCUT2D eigenvalue weighted by Crippen LogP contribution is -2.56. The summed E-state index contributed by atoms with van der Waals surface area (Å²) in [6.45, 7) is 5.18. The molecule has 0 fully saturated rings. The number of rotatable bonds is 9. The minimum Gasteiger partial charge on any atom is -0.406 e. The van der Waals surface area contributed by atoms with Gasteiger partial charge in [0.15, 0.2) is 0 Å². The predicted octanol–water partition coefficient (Wildman–Crippen LogP) is 1.87. The molecule has 3 N–H and O–H groups in total. The summed E-state index contributed by atoms with van der Waals surface area (Å²) in [5.74, 6) is -0.715. The number of hydroxylamine groups is 2. The van der Waals surface area contributed by atoms with Gasteiger partial charge in [-0.05, 0) is 29.5 Å². The summed E-state index contributed by atoms with van der Waals surface area (Å²) in [4.78, 5) is 36.4. The lowest BCUT2D eigenvalue weighted by Gasteiger charge is -2.33. The minimum atomic E-state index is -4.86. The van der Waals surface area contributed by atoms with Crippen LogP contribution in [0.4, 0.5) is 13.2 Å². The van der Waals surface area contributed by atoms with E-state index in [9.17, 15) is 32.8 Å². The summed E-state index contributed by atoms with van der Waals surface area (Å²) in [7, 11) is 1.40. The maximum Gasteiger partial charge on any atom is 0.573 e. The summed E-state index contributed by atoms with van der Waals surface area (Å²) in [5.41, 5.74) is -0.307. The van der Waals surface area contributed by atoms with Gasteiger partial charge in [-0.2, -0.15) is 0 Å². The Morgan fingerprint density at radius 3 is 2.19 bits per heavy atom. The van der Waals surface area contributed by atoms with Crippen molar-refractivity contribution in [2.45, 2.75) is 45.6 Å². The van der Waals surface area contributed by atoms with E-state index in [1.807, 2.05) is 0 Å². The van der Waals surface area contributed by atoms with E-state index in [1.165, 1.54) is 19.2 Å². The summed E-state index contributed by atoms with van der Waals surface area (Å²) in [5, 5.41) is 15.0. The van der Waals surface area contributed by atoms with Gasteiger partial charge >= 0.3 is 6.36 Å². The number of hydrogen-bond donors (Lipinski definition) is 3. The maximum atomic E-state index is 13.1. The normalized spacial score (nSPS) is 14.3. The van der Waals surface area contributed by atoms with Crippen molar-refractivity contribution >= 4 is 18.2 Å². The van der Waals surface area contributed by atoms with E-state index < -0.39 is 47.3 Å². The first kappa shape index (κ1) is 26.8. The SMILES string of the molecule is C#C[C@@H]([C@@H](Cc1ccc(OC(F)(F)F)cc1)C(=O)N[C@H](C(=O)NC)C(C)(C)C)N(O)C=O. The lowest BCUT2D eigenvalue weighted by atomic mass is 9.84. The van der Waals surface area contributed by atoms with Gasteiger partial charge in [0.25, 0.3) is 0 Å². The van der Waals surface area contributed by atoms with Crippen LogP contribution in [0, 0.1) is 23.7 Å². The van der Waals surface area contributed by atoms with E-state index in [2.05, 4.69) is 21.3 Å². The van der Waals surface area contributed by atoms with Crippen molar-refractivity contribution < 1.29 is 37.5 Å². The number of ether oxygens (including phenoxy) is 1. The van der Waals surface area contributed by atoms with Gasteiger partial charge in [0, 0.05) is 7.05 Å². The number of likely N-dealkylation sites (N-methyl/N-ethyl adjacent to an activating group) is 1. The molecule has 0 aliphatic carbocycles. The third-order valence-electron chi connectivity index (χ3n) is 4.56. The number of alkyl halides is 3. The van der Waals surface area contributed by atoms with Crippen molar-refractivity contribution in [2.24, 2.45) is 11.3 Å². The number of benzene rings is 1. The van der Waals surface area contributed by atoms with Gasteiger partial charge in [0.2, 0.25) is 18.2 Å². The average Bonchev–Trinajstić information content (AvgIpc) is 2.70. The summed E-state index contributed by atoms with van der Waals surface area (Å²) < 4.78 is 40.9. The van der Waals surface area contributed by atoms with Crippen LogP contribution in [0.3, 0.4) is 0 Å². The Balaban J connectivity index is 3.23. The van der Waals surface area contributed by atoms with Gasteiger partial charge in [-0.3, -0.25) is 19.6 Å². The molecule has 0 saturated heterocycles. The number of carbonyl (C=O) groups excluding carboxylic acids is 3. The zero-order chi connectivity index (χ0) is 24.7. The highest BCUT2D eigenvalue weighted by atomic mass is 19.4. The highest BCUT2D eigenvalue weighted by Gasteiger charge is 2.37. The molecule has 0 aliphatic heterocycles. The Bertz CT molecular complexity index is 844. The van der Waals surface area contributed by atoms with Crippen LogP contribution in [-0.2, 0) is 20.8 Å². The van der Waals surface area contributed by atoms with Gasteiger partial charge in [0.1, 0.15) is 17.8 Å². The average molecular weight is 457 g/mol. The van der Waals surface area contributed by atoms with E-state index >= 15 is 0 Å². The first-order valence-corrected chi connectivity index (χ1v) is 9.48. The molecule has 176 valence electrons. The van der Waals surface area contributed by atoms with Crippen molar-refractivity contribution in [3.05, 3.63) is 29.8 Å². The van der Waals surface area contributed by atoms with Gasteiger partial charge in [-0.15, -0.1) is 19.6 Å². The largest absolute Gasteiger partial charge is 0.573 e. The van der Waals surface area contributed by atoms with E-state index in [0.717, 1.165) is 12.1 Å². The van der Waals surface area contributed by atoms with Crippen molar-refractivity contribution in [3.63, 3.8) is 0 Å². The number of hydrogen-bond acceptors (Lipinski definition) is 5. The van der Waals surface area contributed by atoms with Crippen molar-refractivity contribution in [2.75, 3.05) is 7.05 Å². The Morgan fingerprint density at radius 1 is 1.22 bits per heavy atom. The van der Waals surface area contributed by atoms with Gasteiger partial charge in [0.05, 0.1) is 5.92 Å². The molecule has 1 aromatic rings. The Kier molecular flexibility index (Phi) is 9.09. The van der Waals surface area contributed by atoms with Gasteiger partial charge in [-0.1, -0.05) is 38.8 Å². The molecule has 0 heterocycles. The number of amides is 3. The van der Waals surface area contributed by atoms with E-state index in [1.54, 1.807) is 20.8 Å². The molecule has 32 heavy (non-hydrogen) atoms. The van der Waals surface area contributed by atoms with E-state index in [-0.39, 0.29) is 17.9 Å². The number of halogens is 3. The minimum absolute atomic E-state index is 0.0328. The molecule has 0 radical (unpaired) electrons. The smallest absolute Gasteiger partial charge is 0.406 e. The molecule has 0 saturated carbocycles. The Hall–Kier alpha value is -3.26. The first-order chi connectivity index (χ1) is 14.7. The molecule has 3 amide bonds. The molecule has 0 spiro atoms. The number of terminal acetylenes is 1. The summed E-state index contributed by atoms with van der Waals surface area (Å²) in [6, 6.07) is 2.33. The van der Waals surface area contributed by atoms with Crippen LogP contribution in [0.2, 0.25) is 0 Å². The monoisotopic (exact) mass is 457 g/mol. The molecule has 0 bridgehead atoms. The molecule has 1 aromatic carbocycles. The van der Waals surface area contributed by atoms with Gasteiger partial charge < -0.3 is 15.4 Å². The fraction of sp³-hybridized carbons (Fsp3) is 0.476. The molecule has 0 aromatic heterocycles. The highest BCUT2D eigenvalue weighted by molar-refractivity contribution is 5.89. The second kappa shape index (κ2) is 10.9. The third kappa shape index (κ3) is 7.77. The molecule has 3 atom stereocenters. The van der Waals surface area contributed by atoms with E-state index in [0.29, 0.717) is 5.56 Å². The Morgan fingerprint density at radius 2 is 1.78 bits per heavy atom. The van der Waals surface area contributed by atoms with Crippen LogP contribution in [0.25, 0.3) is 0 Å². The molecule has 11 heteroatoms. The molecular weight excluding hydrogens is 431 g/mol. The van der Waals surface area contributed by atoms with E-state index in [4.69, 9.17) is 6.42 Å². The standard InChI is InChI=1S/C21H26F3N3O5/c1-6-16(27(31)12-28)15(18(29)26-17(19(30)25-5)20(2,3)4)11-13-7-9-14(10-8-13)32-21(22,23)24/h1,7-10,12,15-17,31H,11H2,2-5H3,(H,25,30)(H,26,29)/t15-,16+,17-/m1/s1. The number of carbonyl (C=O) groups is 3. The third-order valence-corrected chi connectivity index (χ3v) is 4.56. The van der Waals surface area contributed by atoms with Crippen LogP contribution < -0.4 is 15.4 Å². The zero-order valence-corrected chi connectivity index (χ0v) is 18.1. The maximum absolute atomic E-state index is 13.1. The lowest BCUT2D eigenvalue weighted by molar-refractivity contribution is -0.274. The fourth-order valence-corrected chi connectivity index (χ4v) is 2.94. The molecule has 0 aliphatic rings. The van der Waals surface area contributed by atoms with Gasteiger partial charge in [-0.25, -0.2) is 5.06 Å². The quantitative estimate of drug-likeness (QED) is 0.227. The van der Waals surface area contributed by atoms with Crippen LogP contribution >= 0.6 is 0 Å². The van der Waals surface area contributed by atoms with Crippen LogP contribution in [-0.4, -0.2) is 54.0 Å². The summed E-state index contributed by atoms with van der Waals surface area (Å²) in [6.07, 6.45) is 0.446. The van der Waals surface area contributed by atoms with Crippen LogP contribution in [0.15, 0.2) is 24.3 Å². The topological polar surface area (TPSA) is 108 Å². The van der Waals surface area contributed by atoms with Crippen molar-refractivity contribution in [1.82, 2.24) is 15.7 Å². The van der Waals surface area contributed by atoms with Crippen molar-refractivity contribution in [3.8, 4) is 18.1 Å². The number of nitrogens with one attached hydrogen (secondary N) is 2. The van der Waals surface area contributed by atoms with Crippen molar-refractivity contribution in [1.29, 1.82) is 0 Å². The first-order valence-electron chi connectivity index (χ1n) is 9.48. The fourth-order valence-electron chi connectivity index (χ4n) is 2.94. The molecule has 1 rings (SSSR count). The second-order valence-corrected chi connectivity index (χ2v) is 8.02. The molecule has 0 unspecified atom stereocenters. The predicted molar refractivity (Wildman–Crippen MR) is 108 cm³/mol.